The van der Waals surface area contributed by atoms with E-state index in [0.29, 0.717) is 43.8 Å². The second-order valence-corrected chi connectivity index (χ2v) is 19.9. The molecule has 8 aliphatic carbocycles. The highest BCUT2D eigenvalue weighted by molar-refractivity contribution is 5.82. The summed E-state index contributed by atoms with van der Waals surface area (Å²) in [7, 11) is 0. The number of cyclic esters (lactones) is 1. The minimum Gasteiger partial charge on any atom is -0.463 e. The van der Waals surface area contributed by atoms with Gasteiger partial charge in [0.05, 0.1) is 34.6 Å². The van der Waals surface area contributed by atoms with Crippen LogP contribution in [0.25, 0.3) is 0 Å². The van der Waals surface area contributed by atoms with Crippen molar-refractivity contribution >= 4 is 23.9 Å². The number of ether oxygens (including phenoxy) is 5. The molecule has 0 spiro atoms. The van der Waals surface area contributed by atoms with Gasteiger partial charge in [0.25, 0.3) is 0 Å². The van der Waals surface area contributed by atoms with Crippen molar-refractivity contribution in [3.63, 3.8) is 0 Å². The smallest absolute Gasteiger partial charge is 0.347 e. The van der Waals surface area contributed by atoms with Crippen LogP contribution >= 0.6 is 0 Å². The Balaban J connectivity index is 0. The standard InChI is InChI=1S/C17H28O3.C16H26O3.C10H16O4.6CH4/c1-4-17(2,3)16(18)20-10-19-15-13-6-11-5-12(8-13)9-14(15)7-11;1-4-14(2,3)13(17)19-16-8-11-5-12(9-16)7-15(18,6-11)10-16;1-4-10(2,3)9(12)14-7-5-6-13-8(7)11;;;;;;/h11-15H,4-10H2,1-3H3;11-12,18H,4-10H2,1-3H3;7H,4-6H2,1-3H3;6*1H4. The Hall–Kier alpha value is -2.20. The summed E-state index contributed by atoms with van der Waals surface area (Å²) in [6.07, 6.45) is 14.9. The first-order chi connectivity index (χ1) is 24.7. The first-order valence-corrected chi connectivity index (χ1v) is 20.8. The molecule has 10 heteroatoms. The van der Waals surface area contributed by atoms with Gasteiger partial charge in [0.15, 0.2) is 6.79 Å². The second-order valence-electron chi connectivity index (χ2n) is 19.9. The first kappa shape index (κ1) is 58.9. The van der Waals surface area contributed by atoms with Gasteiger partial charge in [-0.05, 0) is 161 Å². The van der Waals surface area contributed by atoms with Crippen molar-refractivity contribution in [3.05, 3.63) is 0 Å². The molecule has 1 heterocycles. The van der Waals surface area contributed by atoms with Crippen LogP contribution in [0.1, 0.15) is 203 Å². The Morgan fingerprint density at radius 1 is 0.661 bits per heavy atom. The summed E-state index contributed by atoms with van der Waals surface area (Å²) in [5, 5.41) is 10.6. The zero-order valence-electron chi connectivity index (χ0n) is 34.3. The largest absolute Gasteiger partial charge is 0.463 e. The highest BCUT2D eigenvalue weighted by Crippen LogP contribution is 2.59. The van der Waals surface area contributed by atoms with Gasteiger partial charge in [0, 0.05) is 12.8 Å². The maximum atomic E-state index is 12.4. The fourth-order valence-corrected chi connectivity index (χ4v) is 10.4. The van der Waals surface area contributed by atoms with Crippen LogP contribution in [0.3, 0.4) is 0 Å². The predicted molar refractivity (Wildman–Crippen MR) is 239 cm³/mol. The fraction of sp³-hybridized carbons (Fsp3) is 0.918. The molecule has 1 aliphatic heterocycles. The minimum atomic E-state index is -0.687. The van der Waals surface area contributed by atoms with E-state index in [1.165, 1.54) is 38.5 Å². The zero-order chi connectivity index (χ0) is 39.0. The summed E-state index contributed by atoms with van der Waals surface area (Å²) >= 11 is 0. The van der Waals surface area contributed by atoms with Crippen molar-refractivity contribution in [2.75, 3.05) is 13.4 Å². The molecule has 1 saturated heterocycles. The maximum absolute atomic E-state index is 12.4. The molecule has 350 valence electrons. The second kappa shape index (κ2) is 22.8. The molecule has 0 aromatic heterocycles. The predicted octanol–water partition coefficient (Wildman–Crippen LogP) is 11.9. The lowest BCUT2D eigenvalue weighted by Gasteiger charge is -2.59. The van der Waals surface area contributed by atoms with Crippen LogP contribution in [0.5, 0.6) is 0 Å². The van der Waals surface area contributed by atoms with Gasteiger partial charge in [-0.15, -0.1) is 0 Å². The molecule has 0 radical (unpaired) electrons. The van der Waals surface area contributed by atoms with Crippen LogP contribution < -0.4 is 0 Å². The summed E-state index contributed by atoms with van der Waals surface area (Å²) < 4.78 is 27.1. The zero-order valence-corrected chi connectivity index (χ0v) is 34.3. The average Bonchev–Trinajstić information content (AvgIpc) is 3.48. The van der Waals surface area contributed by atoms with Gasteiger partial charge < -0.3 is 28.8 Å². The third-order valence-corrected chi connectivity index (χ3v) is 14.3. The van der Waals surface area contributed by atoms with Crippen LogP contribution in [0.2, 0.25) is 0 Å². The molecule has 0 amide bonds. The normalized spacial score (nSPS) is 32.7. The van der Waals surface area contributed by atoms with Gasteiger partial charge >= 0.3 is 23.9 Å². The van der Waals surface area contributed by atoms with Crippen molar-refractivity contribution in [3.8, 4) is 0 Å². The lowest BCUT2D eigenvalue weighted by Crippen LogP contribution is -2.61. The molecule has 10 nitrogen and oxygen atoms in total. The molecule has 9 aliphatic rings. The average molecular weight is 843 g/mol. The third kappa shape index (κ3) is 13.9. The first-order valence-electron chi connectivity index (χ1n) is 20.8. The molecular formula is C49H94O10. The van der Waals surface area contributed by atoms with Crippen LogP contribution in [0.4, 0.5) is 0 Å². The lowest BCUT2D eigenvalue weighted by molar-refractivity contribution is -0.225. The van der Waals surface area contributed by atoms with E-state index in [1.807, 2.05) is 48.5 Å². The van der Waals surface area contributed by atoms with E-state index in [0.717, 1.165) is 62.2 Å². The maximum Gasteiger partial charge on any atom is 0.347 e. The SMILES string of the molecule is C.C.C.C.C.C.CCC(C)(C)C(=O)OC12CC3CC(CC(O)(C3)C1)C2.CCC(C)(C)C(=O)OC1CCOC1=O.CCC(C)(C)C(=O)OCOC1C2CC3CC(C2)CC1C3. The molecule has 59 heavy (non-hydrogen) atoms. The summed E-state index contributed by atoms with van der Waals surface area (Å²) in [5.74, 6) is 3.51. The number of hydrogen-bond donors (Lipinski definition) is 1. The van der Waals surface area contributed by atoms with Crippen molar-refractivity contribution in [1.29, 1.82) is 0 Å². The number of rotatable bonds is 11. The minimum absolute atomic E-state index is 0. The quantitative estimate of drug-likeness (QED) is 0.122. The van der Waals surface area contributed by atoms with E-state index in [4.69, 9.17) is 23.7 Å². The van der Waals surface area contributed by atoms with E-state index in [9.17, 15) is 24.3 Å². The molecule has 1 N–H and O–H groups in total. The summed E-state index contributed by atoms with van der Waals surface area (Å²) in [5.41, 5.74) is -2.24. The van der Waals surface area contributed by atoms with Crippen LogP contribution in [-0.2, 0) is 42.9 Å². The number of esters is 4. The molecule has 0 aromatic rings. The van der Waals surface area contributed by atoms with Crippen molar-refractivity contribution < 1.29 is 48.0 Å². The Kier molecular flexibility index (Phi) is 22.7. The Morgan fingerprint density at radius 3 is 1.53 bits per heavy atom. The summed E-state index contributed by atoms with van der Waals surface area (Å²) in [6.45, 7) is 17.8. The van der Waals surface area contributed by atoms with Gasteiger partial charge in [0.2, 0.25) is 6.10 Å². The van der Waals surface area contributed by atoms with E-state index in [-0.39, 0.29) is 74.9 Å². The van der Waals surface area contributed by atoms with Gasteiger partial charge in [0.1, 0.15) is 5.60 Å². The highest BCUT2D eigenvalue weighted by Gasteiger charge is 2.59. The molecular weight excluding hydrogens is 749 g/mol. The molecule has 8 saturated carbocycles. The van der Waals surface area contributed by atoms with E-state index in [2.05, 4.69) is 0 Å². The van der Waals surface area contributed by atoms with Crippen molar-refractivity contribution in [1.82, 2.24) is 0 Å². The van der Waals surface area contributed by atoms with Crippen molar-refractivity contribution in [2.24, 2.45) is 51.8 Å². The third-order valence-electron chi connectivity index (χ3n) is 14.3. The topological polar surface area (TPSA) is 135 Å². The van der Waals surface area contributed by atoms with Crippen molar-refractivity contribution in [2.45, 2.75) is 227 Å². The fourth-order valence-electron chi connectivity index (χ4n) is 10.4. The molecule has 0 aromatic carbocycles. The van der Waals surface area contributed by atoms with Gasteiger partial charge in [-0.25, -0.2) is 4.79 Å². The van der Waals surface area contributed by atoms with E-state index < -0.39 is 33.9 Å². The van der Waals surface area contributed by atoms with Crippen LogP contribution in [-0.4, -0.2) is 65.8 Å². The highest BCUT2D eigenvalue weighted by atomic mass is 16.7. The van der Waals surface area contributed by atoms with Gasteiger partial charge in [-0.2, -0.15) is 0 Å². The molecule has 3 unspecified atom stereocenters. The Labute approximate surface area is 362 Å². The Bertz CT molecular complexity index is 1290. The number of carbonyl (C=O) groups excluding carboxylic acids is 4. The van der Waals surface area contributed by atoms with E-state index in [1.54, 1.807) is 13.8 Å². The van der Waals surface area contributed by atoms with Crippen LogP contribution in [0.15, 0.2) is 0 Å². The molecule has 9 rings (SSSR count). The molecule has 3 atom stereocenters. The number of hydrogen-bond acceptors (Lipinski definition) is 10. The molecule has 9 fully saturated rings. The molecule has 8 bridgehead atoms. The van der Waals surface area contributed by atoms with E-state index >= 15 is 0 Å². The lowest BCUT2D eigenvalue weighted by atomic mass is 9.52. The Morgan fingerprint density at radius 2 is 1.10 bits per heavy atom. The number of carbonyl (C=O) groups is 4. The summed E-state index contributed by atoms with van der Waals surface area (Å²) in [4.78, 5) is 46.9. The van der Waals surface area contributed by atoms with Gasteiger partial charge in [-0.1, -0.05) is 65.3 Å². The van der Waals surface area contributed by atoms with Gasteiger partial charge in [-0.3, -0.25) is 14.4 Å². The van der Waals surface area contributed by atoms with Crippen LogP contribution in [0, 0.1) is 51.8 Å². The monoisotopic (exact) mass is 843 g/mol. The summed E-state index contributed by atoms with van der Waals surface area (Å²) in [6, 6.07) is 0. The number of aliphatic hydroxyl groups is 1.